The summed E-state index contributed by atoms with van der Waals surface area (Å²) in [5, 5.41) is 0. The Morgan fingerprint density at radius 1 is 1.35 bits per heavy atom. The van der Waals surface area contributed by atoms with Gasteiger partial charge >= 0.3 is 0 Å². The van der Waals surface area contributed by atoms with Crippen molar-refractivity contribution in [2.75, 3.05) is 18.0 Å². The number of fused-ring (bicyclic) bond motifs is 1. The van der Waals surface area contributed by atoms with Crippen LogP contribution < -0.4 is 10.6 Å². The van der Waals surface area contributed by atoms with Gasteiger partial charge in [-0.15, -0.1) is 0 Å². The number of para-hydroxylation sites is 1. The van der Waals surface area contributed by atoms with Gasteiger partial charge in [-0.3, -0.25) is 9.79 Å². The molecule has 1 aromatic carbocycles. The van der Waals surface area contributed by atoms with Crippen molar-refractivity contribution < 1.29 is 4.79 Å². The van der Waals surface area contributed by atoms with Gasteiger partial charge in [-0.1, -0.05) is 29.8 Å². The van der Waals surface area contributed by atoms with E-state index < -0.39 is 6.04 Å². The maximum absolute atomic E-state index is 12.4. The fourth-order valence-corrected chi connectivity index (χ4v) is 2.61. The van der Waals surface area contributed by atoms with E-state index in [1.165, 1.54) is 0 Å². The van der Waals surface area contributed by atoms with Crippen molar-refractivity contribution in [1.29, 1.82) is 0 Å². The second kappa shape index (κ2) is 5.06. The number of carbonyl (C=O) groups excluding carboxylic acids is 1. The van der Waals surface area contributed by atoms with Crippen molar-refractivity contribution >= 4 is 17.7 Å². The van der Waals surface area contributed by atoms with Gasteiger partial charge in [0.2, 0.25) is 0 Å². The van der Waals surface area contributed by atoms with Crippen molar-refractivity contribution in [3.05, 3.63) is 53.3 Å². The van der Waals surface area contributed by atoms with Gasteiger partial charge in [0.15, 0.2) is 5.78 Å². The van der Waals surface area contributed by atoms with Crippen LogP contribution in [0.25, 0.3) is 0 Å². The number of carbonyl (C=O) groups is 1. The predicted molar refractivity (Wildman–Crippen MR) is 81.1 cm³/mol. The van der Waals surface area contributed by atoms with Crippen LogP contribution >= 0.6 is 0 Å². The molecule has 0 amide bonds. The monoisotopic (exact) mass is 267 g/mol. The van der Waals surface area contributed by atoms with Crippen LogP contribution in [-0.2, 0) is 4.79 Å². The Morgan fingerprint density at radius 2 is 2.15 bits per heavy atom. The van der Waals surface area contributed by atoms with E-state index in [9.17, 15) is 4.79 Å². The highest BCUT2D eigenvalue weighted by atomic mass is 16.1. The summed E-state index contributed by atoms with van der Waals surface area (Å²) in [5.41, 5.74) is 9.62. The quantitative estimate of drug-likeness (QED) is 0.842. The van der Waals surface area contributed by atoms with Crippen LogP contribution in [-0.4, -0.2) is 31.1 Å². The second-order valence-electron chi connectivity index (χ2n) is 5.08. The normalized spacial score (nSPS) is 22.0. The minimum Gasteiger partial charge on any atom is -0.336 e. The van der Waals surface area contributed by atoms with Gasteiger partial charge in [0.05, 0.1) is 24.0 Å². The summed E-state index contributed by atoms with van der Waals surface area (Å²) in [6.45, 7) is 3.31. The summed E-state index contributed by atoms with van der Waals surface area (Å²) in [6, 6.07) is 7.42. The largest absolute Gasteiger partial charge is 0.336 e. The molecule has 4 nitrogen and oxygen atoms in total. The van der Waals surface area contributed by atoms with Gasteiger partial charge < -0.3 is 10.6 Å². The molecule has 0 fully saturated rings. The number of allylic oxidation sites excluding steroid dienone is 2. The van der Waals surface area contributed by atoms with Gasteiger partial charge in [-0.25, -0.2) is 0 Å². The number of rotatable bonds is 1. The van der Waals surface area contributed by atoms with Gasteiger partial charge in [0.1, 0.15) is 0 Å². The molecule has 20 heavy (non-hydrogen) atoms. The molecule has 0 bridgehead atoms. The fourth-order valence-electron chi connectivity index (χ4n) is 2.61. The number of aliphatic imine (C=N–C) groups is 1. The number of benzene rings is 1. The van der Waals surface area contributed by atoms with Crippen LogP contribution in [0, 0.1) is 0 Å². The van der Waals surface area contributed by atoms with Crippen LogP contribution in [0.4, 0.5) is 5.69 Å². The topological polar surface area (TPSA) is 58.7 Å². The second-order valence-corrected chi connectivity index (χ2v) is 5.08. The summed E-state index contributed by atoms with van der Waals surface area (Å²) >= 11 is 0. The number of hydrogen-bond acceptors (Lipinski definition) is 4. The van der Waals surface area contributed by atoms with E-state index in [0.29, 0.717) is 18.8 Å². The van der Waals surface area contributed by atoms with E-state index in [-0.39, 0.29) is 5.78 Å². The molecule has 0 aromatic heterocycles. The number of anilines is 1. The van der Waals surface area contributed by atoms with Crippen molar-refractivity contribution in [2.24, 2.45) is 10.7 Å². The molecule has 1 atom stereocenters. The molecular formula is C16H17N3O. The molecule has 4 heteroatoms. The van der Waals surface area contributed by atoms with Crippen LogP contribution in [0.15, 0.2) is 52.7 Å². The lowest BCUT2D eigenvalue weighted by Gasteiger charge is -2.29. The van der Waals surface area contributed by atoms with Gasteiger partial charge in [-0.05, 0) is 19.1 Å². The number of hydrogen-bond donors (Lipinski definition) is 1. The van der Waals surface area contributed by atoms with Crippen molar-refractivity contribution in [3.63, 3.8) is 0 Å². The lowest BCUT2D eigenvalue weighted by atomic mass is 9.98. The predicted octanol–water partition coefficient (Wildman–Crippen LogP) is 1.67. The fraction of sp³-hybridized carbons (Fsp3) is 0.250. The highest BCUT2D eigenvalue weighted by molar-refractivity contribution is 6.06. The molecule has 0 saturated carbocycles. The molecule has 102 valence electrons. The molecule has 1 aliphatic heterocycles. The van der Waals surface area contributed by atoms with E-state index in [0.717, 1.165) is 16.8 Å². The van der Waals surface area contributed by atoms with Crippen molar-refractivity contribution in [1.82, 2.24) is 0 Å². The third-order valence-corrected chi connectivity index (χ3v) is 3.56. The van der Waals surface area contributed by atoms with Gasteiger partial charge in [0, 0.05) is 18.3 Å². The summed E-state index contributed by atoms with van der Waals surface area (Å²) < 4.78 is 0. The Bertz CT molecular complexity index is 643. The van der Waals surface area contributed by atoms with E-state index in [2.05, 4.69) is 4.99 Å². The third kappa shape index (κ3) is 2.18. The Kier molecular flexibility index (Phi) is 3.24. The molecule has 2 aliphatic rings. The molecule has 3 rings (SSSR count). The molecule has 2 N–H and O–H groups in total. The molecule has 0 radical (unpaired) electrons. The minimum absolute atomic E-state index is 0.0349. The molecular weight excluding hydrogens is 250 g/mol. The lowest BCUT2D eigenvalue weighted by Crippen LogP contribution is -2.40. The van der Waals surface area contributed by atoms with E-state index in [1.807, 2.05) is 48.4 Å². The molecule has 1 aliphatic carbocycles. The van der Waals surface area contributed by atoms with E-state index >= 15 is 0 Å². The zero-order valence-electron chi connectivity index (χ0n) is 11.4. The molecule has 1 unspecified atom stereocenters. The molecule has 1 aromatic rings. The molecule has 0 spiro atoms. The highest BCUT2D eigenvalue weighted by Crippen LogP contribution is 2.27. The highest BCUT2D eigenvalue weighted by Gasteiger charge is 2.27. The Balaban J connectivity index is 2.07. The lowest BCUT2D eigenvalue weighted by molar-refractivity contribution is -0.116. The van der Waals surface area contributed by atoms with Crippen LogP contribution in [0.3, 0.4) is 0 Å². The molecule has 0 saturated heterocycles. The number of nitrogens with zero attached hydrogens (tertiary/aromatic N) is 2. The maximum atomic E-state index is 12.4. The number of Topliss-reactive ketones (excluding diaryl/α,β-unsaturated/α-hetero) is 1. The standard InChI is InChI=1S/C16H17N3O/c1-11-8-13(17)16(20)15(9-11)19-7-6-18-10-12-4-2-3-5-14(12)19/h2-5,8-10,13H,6-7,17H2,1H3. The van der Waals surface area contributed by atoms with Gasteiger partial charge in [0.25, 0.3) is 0 Å². The first kappa shape index (κ1) is 12.8. The average molecular weight is 267 g/mol. The summed E-state index contributed by atoms with van der Waals surface area (Å²) in [4.78, 5) is 18.8. The van der Waals surface area contributed by atoms with Gasteiger partial charge in [-0.2, -0.15) is 0 Å². The minimum atomic E-state index is -0.550. The van der Waals surface area contributed by atoms with E-state index in [4.69, 9.17) is 5.73 Å². The Morgan fingerprint density at radius 3 is 3.00 bits per heavy atom. The smallest absolute Gasteiger partial charge is 0.199 e. The molecule has 1 heterocycles. The van der Waals surface area contributed by atoms with Crippen molar-refractivity contribution in [2.45, 2.75) is 13.0 Å². The van der Waals surface area contributed by atoms with Crippen molar-refractivity contribution in [3.8, 4) is 0 Å². The summed E-state index contributed by atoms with van der Waals surface area (Å²) in [5.74, 6) is -0.0349. The van der Waals surface area contributed by atoms with E-state index in [1.54, 1.807) is 6.08 Å². The summed E-state index contributed by atoms with van der Waals surface area (Å²) in [7, 11) is 0. The van der Waals surface area contributed by atoms with Crippen LogP contribution in [0.1, 0.15) is 12.5 Å². The first-order valence-corrected chi connectivity index (χ1v) is 6.73. The first-order valence-electron chi connectivity index (χ1n) is 6.73. The first-order chi connectivity index (χ1) is 9.66. The number of nitrogens with two attached hydrogens (primary N) is 1. The third-order valence-electron chi connectivity index (χ3n) is 3.56. The van der Waals surface area contributed by atoms with Crippen LogP contribution in [0.2, 0.25) is 0 Å². The summed E-state index contributed by atoms with van der Waals surface area (Å²) in [6.07, 6.45) is 5.58. The Labute approximate surface area is 118 Å². The SMILES string of the molecule is CC1=CC(N)C(=O)C(N2CCN=Cc3ccccc32)=C1. The van der Waals surface area contributed by atoms with Crippen LogP contribution in [0.5, 0.6) is 0 Å². The maximum Gasteiger partial charge on any atom is 0.199 e. The zero-order valence-corrected chi connectivity index (χ0v) is 11.4. The zero-order chi connectivity index (χ0) is 14.1. The number of benzodiazepines with no additional fused rings is 1. The Hall–Kier alpha value is -2.20. The number of ketones is 1. The average Bonchev–Trinajstić information content (AvgIpc) is 2.65.